The molecule has 1 aromatic carbocycles. The summed E-state index contributed by atoms with van der Waals surface area (Å²) in [4.78, 5) is 0. The lowest BCUT2D eigenvalue weighted by Gasteiger charge is -1.97. The summed E-state index contributed by atoms with van der Waals surface area (Å²) in [5.74, 6) is 2.55. The molecule has 1 rings (SSSR count). The molecule has 50 valence electrons. The Morgan fingerprint density at radius 1 is 1.50 bits per heavy atom. The minimum absolute atomic E-state index is 0.900. The Bertz CT molecular complexity index is 258. The molecule has 0 unspecified atom stereocenters. The molecule has 0 aromatic heterocycles. The van der Waals surface area contributed by atoms with Crippen LogP contribution in [0, 0.1) is 19.4 Å². The van der Waals surface area contributed by atoms with Gasteiger partial charge in [-0.3, -0.25) is 0 Å². The average molecular weight is 131 g/mol. The van der Waals surface area contributed by atoms with Crippen molar-refractivity contribution in [1.82, 2.24) is 0 Å². The van der Waals surface area contributed by atoms with Gasteiger partial charge in [0.05, 0.1) is 0 Å². The van der Waals surface area contributed by atoms with Crippen LogP contribution in [0.1, 0.15) is 5.56 Å². The van der Waals surface area contributed by atoms with E-state index in [1.54, 1.807) is 5.32 Å². The van der Waals surface area contributed by atoms with Crippen LogP contribution in [0.5, 0.6) is 0 Å². The predicted octanol–water partition coefficient (Wildman–Crippen LogP) is 0.654. The Morgan fingerprint density at radius 3 is 2.90 bits per heavy atom. The number of terminal acetylenes is 1. The van der Waals surface area contributed by atoms with Crippen molar-refractivity contribution in [3.63, 3.8) is 0 Å². The van der Waals surface area contributed by atoms with Crippen molar-refractivity contribution in [1.29, 1.82) is 0 Å². The molecule has 0 aliphatic rings. The van der Waals surface area contributed by atoms with Crippen LogP contribution < -0.4 is 5.32 Å². The first kappa shape index (κ1) is 6.85. The molecule has 0 saturated carbocycles. The lowest BCUT2D eigenvalue weighted by atomic mass is 10.2. The fraction of sp³-hybridized carbons (Fsp3) is 0. The van der Waals surface area contributed by atoms with Crippen LogP contribution in [0.15, 0.2) is 24.3 Å². The maximum absolute atomic E-state index is 5.19. The quantitative estimate of drug-likeness (QED) is 0.327. The fourth-order valence-corrected chi connectivity index (χ4v) is 0.755. The zero-order chi connectivity index (χ0) is 7.40. The first-order chi connectivity index (χ1) is 4.86. The molecule has 1 nitrogen and oxygen atoms in total. The maximum Gasteiger partial charge on any atom is 0.104 e. The van der Waals surface area contributed by atoms with Crippen molar-refractivity contribution in [2.45, 2.75) is 0 Å². The highest BCUT2D eigenvalue weighted by Crippen LogP contribution is 2.02. The van der Waals surface area contributed by atoms with Crippen LogP contribution in [0.4, 0.5) is 5.69 Å². The number of nitrogens with two attached hydrogens (primary N) is 1. The highest BCUT2D eigenvalue weighted by molar-refractivity contribution is 5.41. The Morgan fingerprint density at radius 2 is 2.30 bits per heavy atom. The Labute approximate surface area is 61.1 Å². The van der Waals surface area contributed by atoms with Crippen molar-refractivity contribution in [3.05, 3.63) is 36.9 Å². The Balaban J connectivity index is 3.01. The summed E-state index contributed by atoms with van der Waals surface area (Å²) < 4.78 is 0. The summed E-state index contributed by atoms with van der Waals surface area (Å²) in [6.45, 7) is 0. The van der Waals surface area contributed by atoms with E-state index in [9.17, 15) is 0 Å². The topological polar surface area (TPSA) is 16.6 Å². The largest absolute Gasteiger partial charge is 0.446 e. The van der Waals surface area contributed by atoms with E-state index in [2.05, 4.69) is 13.0 Å². The molecule has 2 N–H and O–H groups in total. The van der Waals surface area contributed by atoms with Crippen LogP contribution >= 0.6 is 0 Å². The van der Waals surface area contributed by atoms with Crippen LogP contribution in [0.25, 0.3) is 0 Å². The molecule has 0 aliphatic carbocycles. The first-order valence-electron chi connectivity index (χ1n) is 3.06. The van der Waals surface area contributed by atoms with Gasteiger partial charge in [-0.15, -0.1) is 13.5 Å². The van der Waals surface area contributed by atoms with Gasteiger partial charge in [-0.2, -0.15) is 0 Å². The zero-order valence-electron chi connectivity index (χ0n) is 5.67. The molecule has 10 heavy (non-hydrogen) atoms. The van der Waals surface area contributed by atoms with Crippen LogP contribution in [0.3, 0.4) is 0 Å². The minimum Gasteiger partial charge on any atom is -0.446 e. The van der Waals surface area contributed by atoms with E-state index in [4.69, 9.17) is 6.42 Å². The third-order valence-electron chi connectivity index (χ3n) is 1.29. The van der Waals surface area contributed by atoms with Gasteiger partial charge in [-0.1, -0.05) is 12.0 Å². The number of hydrogen-bond donors (Lipinski definition) is 1. The summed E-state index contributed by atoms with van der Waals surface area (Å²) in [5.41, 5.74) is 1.97. The fourth-order valence-electron chi connectivity index (χ4n) is 0.755. The molecule has 0 fully saturated rings. The Kier molecular flexibility index (Phi) is 2.09. The van der Waals surface area contributed by atoms with Crippen LogP contribution in [-0.4, -0.2) is 0 Å². The van der Waals surface area contributed by atoms with Gasteiger partial charge in [0.2, 0.25) is 0 Å². The van der Waals surface area contributed by atoms with E-state index in [-0.39, 0.29) is 0 Å². The van der Waals surface area contributed by atoms with Crippen molar-refractivity contribution < 1.29 is 5.32 Å². The number of quaternary nitrogens is 1. The smallest absolute Gasteiger partial charge is 0.104 e. The van der Waals surface area contributed by atoms with Crippen LogP contribution in [0.2, 0.25) is 0 Å². The second-order valence-electron chi connectivity index (χ2n) is 1.97. The van der Waals surface area contributed by atoms with Gasteiger partial charge in [-0.25, -0.2) is 0 Å². The van der Waals surface area contributed by atoms with Gasteiger partial charge in [0, 0.05) is 11.6 Å². The Hall–Kier alpha value is -1.26. The second kappa shape index (κ2) is 3.05. The number of hydrogen-bond acceptors (Lipinski definition) is 0. The lowest BCUT2D eigenvalue weighted by Crippen LogP contribution is -2.69. The highest BCUT2D eigenvalue weighted by Gasteiger charge is 1.89. The molecule has 1 aromatic rings. The summed E-state index contributed by atoms with van der Waals surface area (Å²) in [6.07, 6.45) is 5.19. The summed E-state index contributed by atoms with van der Waals surface area (Å²) in [6, 6.07) is 7.71. The third-order valence-corrected chi connectivity index (χ3v) is 1.29. The van der Waals surface area contributed by atoms with E-state index in [1.165, 1.54) is 0 Å². The SMILES string of the molecule is C#Cc1cccc([NH2+][CH2-])c1. The number of benzene rings is 1. The standard InChI is InChI=1S/C9H9N/c1-3-8-5-4-6-9(7-8)10-2/h1,4-7H,2,10H2. The van der Waals surface area contributed by atoms with Crippen molar-refractivity contribution in [3.8, 4) is 12.3 Å². The normalized spacial score (nSPS) is 8.80. The molecule has 0 aliphatic heterocycles. The highest BCUT2D eigenvalue weighted by atomic mass is 14.8. The van der Waals surface area contributed by atoms with E-state index < -0.39 is 0 Å². The summed E-state index contributed by atoms with van der Waals surface area (Å²) in [5, 5.41) is 1.78. The van der Waals surface area contributed by atoms with Crippen molar-refractivity contribution in [2.24, 2.45) is 0 Å². The van der Waals surface area contributed by atoms with Gasteiger partial charge in [0.15, 0.2) is 0 Å². The van der Waals surface area contributed by atoms with Crippen molar-refractivity contribution >= 4 is 5.69 Å². The van der Waals surface area contributed by atoms with E-state index in [0.29, 0.717) is 0 Å². The van der Waals surface area contributed by atoms with Crippen LogP contribution in [-0.2, 0) is 0 Å². The summed E-state index contributed by atoms with van der Waals surface area (Å²) >= 11 is 0. The zero-order valence-corrected chi connectivity index (χ0v) is 5.67. The van der Waals surface area contributed by atoms with Gasteiger partial charge >= 0.3 is 0 Å². The summed E-state index contributed by atoms with van der Waals surface area (Å²) in [7, 11) is 3.64. The molecular weight excluding hydrogens is 122 g/mol. The van der Waals surface area contributed by atoms with Crippen molar-refractivity contribution in [2.75, 3.05) is 0 Å². The van der Waals surface area contributed by atoms with E-state index >= 15 is 0 Å². The number of rotatable bonds is 1. The molecule has 0 atom stereocenters. The minimum atomic E-state index is 0.900. The molecule has 0 amide bonds. The van der Waals surface area contributed by atoms with Gasteiger partial charge < -0.3 is 5.32 Å². The van der Waals surface area contributed by atoms with Gasteiger partial charge in [0.25, 0.3) is 0 Å². The average Bonchev–Trinajstić information content (AvgIpc) is 2.05. The van der Waals surface area contributed by atoms with E-state index in [1.807, 2.05) is 24.3 Å². The third kappa shape index (κ3) is 1.37. The monoisotopic (exact) mass is 131 g/mol. The molecule has 0 radical (unpaired) electrons. The molecule has 0 bridgehead atoms. The predicted molar refractivity (Wildman–Crippen MR) is 41.3 cm³/mol. The van der Waals surface area contributed by atoms with Gasteiger partial charge in [-0.05, 0) is 12.1 Å². The van der Waals surface area contributed by atoms with E-state index in [0.717, 1.165) is 11.3 Å². The molecule has 0 spiro atoms. The lowest BCUT2D eigenvalue weighted by molar-refractivity contribution is -0.504. The maximum atomic E-state index is 5.19. The first-order valence-corrected chi connectivity index (χ1v) is 3.06. The molecular formula is C9H9N. The molecule has 0 saturated heterocycles. The second-order valence-corrected chi connectivity index (χ2v) is 1.97. The van der Waals surface area contributed by atoms with Gasteiger partial charge in [0.1, 0.15) is 5.69 Å². The molecule has 0 heterocycles. The molecule has 1 heteroatoms.